The number of nitrogens with one attached hydrogen (secondary N) is 1. The SMILES string of the molecule is Cc1c(NC(=O)c2oc3ccccc3c2C)cccc1[N+](=O)[O-]. The Kier molecular flexibility index (Phi) is 3.57. The van der Waals surface area contributed by atoms with Crippen molar-refractivity contribution in [2.24, 2.45) is 0 Å². The highest BCUT2D eigenvalue weighted by Crippen LogP contribution is 2.28. The standard InChI is InChI=1S/C17H14N2O4/c1-10-12-6-3-4-9-15(12)23-16(10)17(20)18-13-7-5-8-14(11(13)2)19(21)22/h3-9H,1-2H3,(H,18,20). The van der Waals surface area contributed by atoms with Crippen LogP contribution in [-0.2, 0) is 0 Å². The first-order chi connectivity index (χ1) is 11.0. The molecule has 116 valence electrons. The third-order valence-electron chi connectivity index (χ3n) is 3.80. The van der Waals surface area contributed by atoms with Crippen LogP contribution in [0.25, 0.3) is 11.0 Å². The molecular formula is C17H14N2O4. The first-order valence-electron chi connectivity index (χ1n) is 7.02. The average Bonchev–Trinajstić information content (AvgIpc) is 2.87. The number of nitrogens with zero attached hydrogens (tertiary/aromatic N) is 1. The summed E-state index contributed by atoms with van der Waals surface area (Å²) in [6.45, 7) is 3.40. The fourth-order valence-corrected chi connectivity index (χ4v) is 2.53. The molecule has 1 N–H and O–H groups in total. The predicted octanol–water partition coefficient (Wildman–Crippen LogP) is 4.21. The Morgan fingerprint density at radius 1 is 1.09 bits per heavy atom. The van der Waals surface area contributed by atoms with E-state index in [2.05, 4.69) is 5.32 Å². The number of benzene rings is 2. The predicted molar refractivity (Wildman–Crippen MR) is 86.7 cm³/mol. The van der Waals surface area contributed by atoms with Gasteiger partial charge in [0.05, 0.1) is 16.2 Å². The van der Waals surface area contributed by atoms with Gasteiger partial charge in [-0.2, -0.15) is 0 Å². The minimum atomic E-state index is -0.475. The van der Waals surface area contributed by atoms with Gasteiger partial charge < -0.3 is 9.73 Å². The van der Waals surface area contributed by atoms with E-state index in [0.29, 0.717) is 16.8 Å². The first-order valence-corrected chi connectivity index (χ1v) is 7.02. The Morgan fingerprint density at radius 3 is 2.52 bits per heavy atom. The number of para-hydroxylation sites is 1. The van der Waals surface area contributed by atoms with Gasteiger partial charge in [-0.15, -0.1) is 0 Å². The molecule has 6 nitrogen and oxygen atoms in total. The number of hydrogen-bond acceptors (Lipinski definition) is 4. The smallest absolute Gasteiger partial charge is 0.291 e. The molecule has 3 aromatic rings. The molecule has 0 fully saturated rings. The highest BCUT2D eigenvalue weighted by atomic mass is 16.6. The van der Waals surface area contributed by atoms with E-state index < -0.39 is 10.8 Å². The highest BCUT2D eigenvalue weighted by Gasteiger charge is 2.20. The zero-order valence-electron chi connectivity index (χ0n) is 12.6. The number of rotatable bonds is 3. The molecule has 0 aliphatic rings. The summed E-state index contributed by atoms with van der Waals surface area (Å²) >= 11 is 0. The third-order valence-corrected chi connectivity index (χ3v) is 3.80. The molecule has 0 spiro atoms. The second-order valence-electron chi connectivity index (χ2n) is 5.21. The van der Waals surface area contributed by atoms with E-state index in [1.54, 1.807) is 26.0 Å². The molecule has 1 heterocycles. The summed E-state index contributed by atoms with van der Waals surface area (Å²) in [6, 6.07) is 11.9. The van der Waals surface area contributed by atoms with Gasteiger partial charge in [0, 0.05) is 17.0 Å². The molecule has 3 rings (SSSR count). The molecular weight excluding hydrogens is 296 g/mol. The average molecular weight is 310 g/mol. The lowest BCUT2D eigenvalue weighted by Crippen LogP contribution is -2.13. The van der Waals surface area contributed by atoms with Crippen molar-refractivity contribution in [3.05, 3.63) is 69.5 Å². The van der Waals surface area contributed by atoms with Crippen molar-refractivity contribution < 1.29 is 14.1 Å². The molecule has 1 amide bonds. The lowest BCUT2D eigenvalue weighted by atomic mass is 10.1. The first kappa shape index (κ1) is 14.8. The van der Waals surface area contributed by atoms with Crippen molar-refractivity contribution in [2.75, 3.05) is 5.32 Å². The summed E-state index contributed by atoms with van der Waals surface area (Å²) in [6.07, 6.45) is 0. The largest absolute Gasteiger partial charge is 0.451 e. The van der Waals surface area contributed by atoms with Crippen molar-refractivity contribution >= 4 is 28.3 Å². The molecule has 0 aliphatic carbocycles. The van der Waals surface area contributed by atoms with Crippen LogP contribution in [-0.4, -0.2) is 10.8 Å². The number of nitro benzene ring substituents is 1. The lowest BCUT2D eigenvalue weighted by Gasteiger charge is -2.07. The van der Waals surface area contributed by atoms with Crippen molar-refractivity contribution in [3.8, 4) is 0 Å². The Labute approximate surface area is 131 Å². The van der Waals surface area contributed by atoms with Crippen molar-refractivity contribution in [3.63, 3.8) is 0 Å². The zero-order chi connectivity index (χ0) is 16.6. The van der Waals surface area contributed by atoms with E-state index in [1.165, 1.54) is 12.1 Å². The van der Waals surface area contributed by atoms with E-state index in [1.807, 2.05) is 18.2 Å². The third kappa shape index (κ3) is 2.55. The quantitative estimate of drug-likeness (QED) is 0.580. The van der Waals surface area contributed by atoms with Gasteiger partial charge in [0.1, 0.15) is 5.58 Å². The maximum atomic E-state index is 12.5. The van der Waals surface area contributed by atoms with E-state index >= 15 is 0 Å². The molecule has 0 saturated heterocycles. The van der Waals surface area contributed by atoms with Gasteiger partial charge in [0.25, 0.3) is 11.6 Å². The van der Waals surface area contributed by atoms with Crippen LogP contribution in [0.3, 0.4) is 0 Å². The van der Waals surface area contributed by atoms with Crippen LogP contribution >= 0.6 is 0 Å². The van der Waals surface area contributed by atoms with Crippen molar-refractivity contribution in [2.45, 2.75) is 13.8 Å². The number of aryl methyl sites for hydroxylation is 1. The number of carbonyl (C=O) groups excluding carboxylic acids is 1. The van der Waals surface area contributed by atoms with Crippen LogP contribution in [0.4, 0.5) is 11.4 Å². The van der Waals surface area contributed by atoms with Gasteiger partial charge in [0.15, 0.2) is 5.76 Å². The van der Waals surface area contributed by atoms with Gasteiger partial charge in [-0.05, 0) is 26.0 Å². The van der Waals surface area contributed by atoms with Gasteiger partial charge in [-0.1, -0.05) is 24.3 Å². The highest BCUT2D eigenvalue weighted by molar-refractivity contribution is 6.06. The fraction of sp³-hybridized carbons (Fsp3) is 0.118. The van der Waals surface area contributed by atoms with Gasteiger partial charge >= 0.3 is 0 Å². The maximum absolute atomic E-state index is 12.5. The minimum absolute atomic E-state index is 0.0378. The van der Waals surface area contributed by atoms with Gasteiger partial charge in [-0.3, -0.25) is 14.9 Å². The fourth-order valence-electron chi connectivity index (χ4n) is 2.53. The molecule has 0 atom stereocenters. The van der Waals surface area contributed by atoms with Crippen LogP contribution in [0.15, 0.2) is 46.9 Å². The zero-order valence-corrected chi connectivity index (χ0v) is 12.6. The number of hydrogen-bond donors (Lipinski definition) is 1. The van der Waals surface area contributed by atoms with Gasteiger partial charge in [0.2, 0.25) is 0 Å². The molecule has 0 bridgehead atoms. The number of furan rings is 1. The Bertz CT molecular complexity index is 927. The summed E-state index contributed by atoms with van der Waals surface area (Å²) in [7, 11) is 0. The maximum Gasteiger partial charge on any atom is 0.291 e. The second kappa shape index (κ2) is 5.57. The molecule has 0 radical (unpaired) electrons. The van der Waals surface area contributed by atoms with Crippen LogP contribution in [0.2, 0.25) is 0 Å². The van der Waals surface area contributed by atoms with E-state index in [0.717, 1.165) is 10.9 Å². The van der Waals surface area contributed by atoms with Crippen molar-refractivity contribution in [1.82, 2.24) is 0 Å². The Balaban J connectivity index is 1.97. The topological polar surface area (TPSA) is 85.4 Å². The van der Waals surface area contributed by atoms with Gasteiger partial charge in [-0.25, -0.2) is 0 Å². The summed E-state index contributed by atoms with van der Waals surface area (Å²) in [5.41, 5.74) is 2.12. The van der Waals surface area contributed by atoms with Crippen LogP contribution in [0.1, 0.15) is 21.7 Å². The summed E-state index contributed by atoms with van der Waals surface area (Å²) in [4.78, 5) is 23.0. The molecule has 6 heteroatoms. The lowest BCUT2D eigenvalue weighted by molar-refractivity contribution is -0.385. The van der Waals surface area contributed by atoms with E-state index in [-0.39, 0.29) is 11.4 Å². The minimum Gasteiger partial charge on any atom is -0.451 e. The number of carbonyl (C=O) groups is 1. The second-order valence-corrected chi connectivity index (χ2v) is 5.21. The monoisotopic (exact) mass is 310 g/mol. The number of fused-ring (bicyclic) bond motifs is 1. The summed E-state index contributed by atoms with van der Waals surface area (Å²) < 4.78 is 5.60. The number of nitro groups is 1. The summed E-state index contributed by atoms with van der Waals surface area (Å²) in [5, 5.41) is 14.5. The van der Waals surface area contributed by atoms with E-state index in [4.69, 9.17) is 4.42 Å². The summed E-state index contributed by atoms with van der Waals surface area (Å²) in [5.74, 6) is -0.223. The van der Waals surface area contributed by atoms with Crippen LogP contribution < -0.4 is 5.32 Å². The van der Waals surface area contributed by atoms with Crippen LogP contribution in [0.5, 0.6) is 0 Å². The number of anilines is 1. The molecule has 23 heavy (non-hydrogen) atoms. The number of amides is 1. The Hall–Kier alpha value is -3.15. The normalized spacial score (nSPS) is 10.7. The van der Waals surface area contributed by atoms with Crippen LogP contribution in [0, 0.1) is 24.0 Å². The molecule has 0 saturated carbocycles. The molecule has 0 unspecified atom stereocenters. The Morgan fingerprint density at radius 2 is 1.83 bits per heavy atom. The molecule has 1 aromatic heterocycles. The molecule has 0 aliphatic heterocycles. The molecule has 2 aromatic carbocycles. The van der Waals surface area contributed by atoms with E-state index in [9.17, 15) is 14.9 Å². The van der Waals surface area contributed by atoms with Crippen molar-refractivity contribution in [1.29, 1.82) is 0 Å².